The highest BCUT2D eigenvalue weighted by Gasteiger charge is 2.10. The van der Waals surface area contributed by atoms with Crippen LogP contribution in [0.5, 0.6) is 11.5 Å². The first-order chi connectivity index (χ1) is 9.58. The Balaban J connectivity index is 2.59. The van der Waals surface area contributed by atoms with Gasteiger partial charge in [0.25, 0.3) is 0 Å². The number of ether oxygens (including phenoxy) is 3. The van der Waals surface area contributed by atoms with Crippen LogP contribution in [0.4, 0.5) is 0 Å². The van der Waals surface area contributed by atoms with Gasteiger partial charge >= 0.3 is 5.97 Å². The van der Waals surface area contributed by atoms with Crippen molar-refractivity contribution in [3.8, 4) is 11.5 Å². The predicted molar refractivity (Wildman–Crippen MR) is 74.4 cm³/mol. The second kappa shape index (κ2) is 8.19. The minimum absolute atomic E-state index is 0.0613. The lowest BCUT2D eigenvalue weighted by Gasteiger charge is -2.11. The van der Waals surface area contributed by atoms with E-state index in [1.54, 1.807) is 18.2 Å². The Morgan fingerprint density at radius 1 is 1.20 bits per heavy atom. The van der Waals surface area contributed by atoms with E-state index >= 15 is 0 Å². The second-order valence-corrected chi connectivity index (χ2v) is 4.28. The highest BCUT2D eigenvalue weighted by Crippen LogP contribution is 2.28. The molecule has 1 aromatic carbocycles. The third-order valence-corrected chi connectivity index (χ3v) is 2.68. The molecule has 0 amide bonds. The van der Waals surface area contributed by atoms with Crippen molar-refractivity contribution in [1.29, 1.82) is 0 Å². The van der Waals surface area contributed by atoms with Crippen LogP contribution < -0.4 is 9.47 Å². The van der Waals surface area contributed by atoms with Gasteiger partial charge < -0.3 is 14.2 Å². The number of ketones is 1. The molecule has 0 aliphatic carbocycles. The quantitative estimate of drug-likeness (QED) is 0.416. The van der Waals surface area contributed by atoms with Gasteiger partial charge in [-0.3, -0.25) is 4.79 Å². The van der Waals surface area contributed by atoms with Gasteiger partial charge in [0, 0.05) is 5.56 Å². The first-order valence-electron chi connectivity index (χ1n) is 6.55. The molecule has 0 fully saturated rings. The fourth-order valence-corrected chi connectivity index (χ4v) is 1.51. The Labute approximate surface area is 118 Å². The van der Waals surface area contributed by atoms with Gasteiger partial charge in [-0.15, -0.1) is 0 Å². The van der Waals surface area contributed by atoms with Gasteiger partial charge in [-0.2, -0.15) is 0 Å². The molecular weight excluding hydrogens is 260 g/mol. The Morgan fingerprint density at radius 3 is 2.55 bits per heavy atom. The molecule has 0 saturated carbocycles. The SMILES string of the molecule is CCCCOC(=O)COc1ccc(C(C)=O)cc1OC. The Morgan fingerprint density at radius 2 is 1.95 bits per heavy atom. The standard InChI is InChI=1S/C15H20O5/c1-4-5-8-19-15(17)10-20-13-7-6-12(11(2)16)9-14(13)18-3/h6-7,9H,4-5,8,10H2,1-3H3. The molecule has 20 heavy (non-hydrogen) atoms. The summed E-state index contributed by atoms with van der Waals surface area (Å²) >= 11 is 0. The van der Waals surface area contributed by atoms with Crippen molar-refractivity contribution < 1.29 is 23.8 Å². The smallest absolute Gasteiger partial charge is 0.344 e. The van der Waals surface area contributed by atoms with Crippen LogP contribution in [-0.4, -0.2) is 32.1 Å². The zero-order valence-corrected chi connectivity index (χ0v) is 12.1. The molecule has 0 radical (unpaired) electrons. The molecule has 0 aromatic heterocycles. The number of carbonyl (C=O) groups excluding carboxylic acids is 2. The maximum Gasteiger partial charge on any atom is 0.344 e. The lowest BCUT2D eigenvalue weighted by molar-refractivity contribution is -0.146. The van der Waals surface area contributed by atoms with E-state index < -0.39 is 5.97 Å². The fourth-order valence-electron chi connectivity index (χ4n) is 1.51. The van der Waals surface area contributed by atoms with Crippen molar-refractivity contribution in [3.63, 3.8) is 0 Å². The van der Waals surface area contributed by atoms with Crippen molar-refractivity contribution in [2.24, 2.45) is 0 Å². The first kappa shape index (κ1) is 16.0. The molecule has 5 nitrogen and oxygen atoms in total. The average Bonchev–Trinajstić information content (AvgIpc) is 2.45. The Hall–Kier alpha value is -2.04. The number of esters is 1. The van der Waals surface area contributed by atoms with Gasteiger partial charge in [-0.25, -0.2) is 4.79 Å². The maximum atomic E-state index is 11.4. The number of benzene rings is 1. The van der Waals surface area contributed by atoms with Crippen LogP contribution in [0.15, 0.2) is 18.2 Å². The molecule has 1 rings (SSSR count). The zero-order valence-electron chi connectivity index (χ0n) is 12.1. The van der Waals surface area contributed by atoms with Gasteiger partial charge in [-0.1, -0.05) is 13.3 Å². The fraction of sp³-hybridized carbons (Fsp3) is 0.467. The normalized spacial score (nSPS) is 9.95. The zero-order chi connectivity index (χ0) is 15.0. The Kier molecular flexibility index (Phi) is 6.56. The first-order valence-corrected chi connectivity index (χ1v) is 6.55. The summed E-state index contributed by atoms with van der Waals surface area (Å²) in [5, 5.41) is 0. The van der Waals surface area contributed by atoms with Gasteiger partial charge in [-0.05, 0) is 31.5 Å². The summed E-state index contributed by atoms with van der Waals surface area (Å²) in [5.41, 5.74) is 0.528. The van der Waals surface area contributed by atoms with Crippen LogP contribution >= 0.6 is 0 Å². The number of hydrogen-bond acceptors (Lipinski definition) is 5. The lowest BCUT2D eigenvalue weighted by atomic mass is 10.1. The van der Waals surface area contributed by atoms with Gasteiger partial charge in [0.05, 0.1) is 13.7 Å². The molecule has 110 valence electrons. The van der Waals surface area contributed by atoms with Gasteiger partial charge in [0.1, 0.15) is 0 Å². The van der Waals surface area contributed by atoms with Crippen molar-refractivity contribution >= 4 is 11.8 Å². The van der Waals surface area contributed by atoms with Crippen molar-refractivity contribution in [2.45, 2.75) is 26.7 Å². The largest absolute Gasteiger partial charge is 0.493 e. The molecule has 0 aliphatic rings. The van der Waals surface area contributed by atoms with Crippen LogP contribution in [0, 0.1) is 0 Å². The number of rotatable bonds is 8. The third kappa shape index (κ3) is 4.91. The molecule has 0 aliphatic heterocycles. The van der Waals surface area contributed by atoms with Crippen molar-refractivity contribution in [1.82, 2.24) is 0 Å². The Bertz CT molecular complexity index is 467. The van der Waals surface area contributed by atoms with Crippen molar-refractivity contribution in [3.05, 3.63) is 23.8 Å². The summed E-state index contributed by atoms with van der Waals surface area (Å²) in [6.07, 6.45) is 1.80. The van der Waals surface area contributed by atoms with E-state index in [2.05, 4.69) is 0 Å². The summed E-state index contributed by atoms with van der Waals surface area (Å²) in [6.45, 7) is 3.71. The highest BCUT2D eigenvalue weighted by molar-refractivity contribution is 5.94. The molecule has 0 N–H and O–H groups in total. The second-order valence-electron chi connectivity index (χ2n) is 4.28. The molecule has 1 aromatic rings. The molecule has 0 spiro atoms. The molecule has 0 unspecified atom stereocenters. The molecule has 0 saturated heterocycles. The third-order valence-electron chi connectivity index (χ3n) is 2.68. The van der Waals surface area contributed by atoms with E-state index in [4.69, 9.17) is 14.2 Å². The summed E-state index contributed by atoms with van der Waals surface area (Å²) in [5.74, 6) is 0.342. The monoisotopic (exact) mass is 280 g/mol. The molecular formula is C15H20O5. The van der Waals surface area contributed by atoms with E-state index in [1.807, 2.05) is 6.92 Å². The van der Waals surface area contributed by atoms with Gasteiger partial charge in [0.15, 0.2) is 23.9 Å². The molecule has 0 heterocycles. The highest BCUT2D eigenvalue weighted by atomic mass is 16.6. The summed E-state index contributed by atoms with van der Waals surface area (Å²) in [7, 11) is 1.48. The number of hydrogen-bond donors (Lipinski definition) is 0. The number of methoxy groups -OCH3 is 1. The van der Waals surface area contributed by atoms with Crippen LogP contribution in [0.25, 0.3) is 0 Å². The van der Waals surface area contributed by atoms with E-state index in [0.717, 1.165) is 12.8 Å². The van der Waals surface area contributed by atoms with E-state index in [9.17, 15) is 9.59 Å². The van der Waals surface area contributed by atoms with E-state index in [0.29, 0.717) is 23.7 Å². The number of carbonyl (C=O) groups is 2. The topological polar surface area (TPSA) is 61.8 Å². The number of unbranched alkanes of at least 4 members (excludes halogenated alkanes) is 1. The van der Waals surface area contributed by atoms with E-state index in [-0.39, 0.29) is 12.4 Å². The van der Waals surface area contributed by atoms with Gasteiger partial charge in [0.2, 0.25) is 0 Å². The molecule has 0 atom stereocenters. The molecule has 0 bridgehead atoms. The van der Waals surface area contributed by atoms with E-state index in [1.165, 1.54) is 14.0 Å². The summed E-state index contributed by atoms with van der Waals surface area (Å²) in [4.78, 5) is 22.7. The molecule has 5 heteroatoms. The maximum absolute atomic E-state index is 11.4. The minimum atomic E-state index is -0.420. The predicted octanol–water partition coefficient (Wildman–Crippen LogP) is 2.62. The average molecular weight is 280 g/mol. The minimum Gasteiger partial charge on any atom is -0.493 e. The summed E-state index contributed by atoms with van der Waals surface area (Å²) in [6, 6.07) is 4.82. The summed E-state index contributed by atoms with van der Waals surface area (Å²) < 4.78 is 15.5. The lowest BCUT2D eigenvalue weighted by Crippen LogP contribution is -2.15. The van der Waals surface area contributed by atoms with Crippen LogP contribution in [-0.2, 0) is 9.53 Å². The van der Waals surface area contributed by atoms with Crippen LogP contribution in [0.3, 0.4) is 0 Å². The number of Topliss-reactive ketones (excluding diaryl/α,β-unsaturated/α-hetero) is 1. The van der Waals surface area contributed by atoms with Crippen LogP contribution in [0.2, 0.25) is 0 Å². The van der Waals surface area contributed by atoms with Crippen LogP contribution in [0.1, 0.15) is 37.0 Å². The van der Waals surface area contributed by atoms with Crippen molar-refractivity contribution in [2.75, 3.05) is 20.3 Å².